The number of nitrogens with zero attached hydrogens (tertiary/aromatic N) is 5. The number of benzene rings is 3. The number of aromatic amines is 1. The van der Waals surface area contributed by atoms with E-state index in [0.29, 0.717) is 64.0 Å². The molecule has 16 heteroatoms. The second kappa shape index (κ2) is 21.5. The Morgan fingerprint density at radius 3 is 2.25 bits per heavy atom. The Morgan fingerprint density at radius 1 is 0.831 bits per heavy atom. The third-order valence-corrected chi connectivity index (χ3v) is 12.2. The van der Waals surface area contributed by atoms with Crippen molar-refractivity contribution in [2.24, 2.45) is 0 Å². The molecule has 0 aliphatic carbocycles. The molecule has 0 bridgehead atoms. The van der Waals surface area contributed by atoms with Crippen LogP contribution in [-0.4, -0.2) is 113 Å². The molecule has 1 unspecified atom stereocenters. The van der Waals surface area contributed by atoms with Crippen LogP contribution in [0.2, 0.25) is 0 Å². The molecule has 0 radical (unpaired) electrons. The number of aromatic nitrogens is 3. The minimum Gasteiger partial charge on any atom is -0.361 e. The van der Waals surface area contributed by atoms with Gasteiger partial charge in [-0.3, -0.25) is 43.9 Å². The van der Waals surface area contributed by atoms with Gasteiger partial charge in [-0.15, -0.1) is 0 Å². The average molecular weight is 882 g/mol. The number of piperazine rings is 1. The first-order chi connectivity index (χ1) is 31.6. The largest absolute Gasteiger partial charge is 0.361 e. The Kier molecular flexibility index (Phi) is 15.2. The molecule has 3 aromatic carbocycles. The number of carbonyl (C=O) groups excluding carboxylic acids is 7. The Balaban J connectivity index is 0.827. The van der Waals surface area contributed by atoms with Crippen molar-refractivity contribution in [3.05, 3.63) is 95.3 Å². The predicted octanol–water partition coefficient (Wildman–Crippen LogP) is 5.56. The number of hydrogen-bond acceptors (Lipinski definition) is 11. The Bertz CT molecular complexity index is 2630. The lowest BCUT2D eigenvalue weighted by Gasteiger charge is -2.35. The number of likely N-dealkylation sites (N-methyl/N-ethyl adjacent to an activating group) is 1. The number of carbonyl (C=O) groups is 7. The maximum absolute atomic E-state index is 13.5. The monoisotopic (exact) mass is 881 g/mol. The molecule has 7 rings (SSSR count). The van der Waals surface area contributed by atoms with Crippen LogP contribution in [0.4, 0.5) is 11.6 Å². The number of unbranched alkanes of at least 4 members (excludes halogenated alkanes) is 6. The van der Waals surface area contributed by atoms with Gasteiger partial charge >= 0.3 is 0 Å². The first-order valence-electron chi connectivity index (χ1n) is 22.4. The molecule has 5 aromatic rings. The molecule has 65 heavy (non-hydrogen) atoms. The summed E-state index contributed by atoms with van der Waals surface area (Å²) in [6, 6.07) is 18.9. The standard InChI is InChI=1S/C49H55N9O7/c1-32-29-33(21-22-34(32)48(65)58(31-60)40(19-14-28-59)45(62)50-2)52-41(61)20-8-6-4-3-5-7-13-23-56-24-26-57(27-25-56)49-53-39-18-12-10-16-36(39)44(54-49)43-42(46(63)55-47(43)64)37-30-51-38-17-11-9-15-35(37)38/h9-12,15-18,21-22,28-31,40,51H,3-8,13-14,19-20,23-27H2,1-2H3,(H,50,62)(H,52,61)(H,55,63,64). The molecule has 0 spiro atoms. The van der Waals surface area contributed by atoms with E-state index in [4.69, 9.17) is 9.97 Å². The van der Waals surface area contributed by atoms with E-state index in [9.17, 15) is 33.6 Å². The number of anilines is 2. The summed E-state index contributed by atoms with van der Waals surface area (Å²) in [7, 11) is 1.40. The zero-order chi connectivity index (χ0) is 45.9. The van der Waals surface area contributed by atoms with Crippen LogP contribution >= 0.6 is 0 Å². The maximum Gasteiger partial charge on any atom is 0.261 e. The highest BCUT2D eigenvalue weighted by molar-refractivity contribution is 6.50. The SMILES string of the molecule is CNC(=O)C(CCC=O)N(C=O)C(=O)c1ccc(NC(=O)CCCCCCCCCN2CCN(c3nc(C4=C(c5c[nH]c6ccccc56)C(=O)NC4=O)c4ccccc4n3)CC2)cc1C. The van der Waals surface area contributed by atoms with Gasteiger partial charge in [0.25, 0.3) is 17.7 Å². The van der Waals surface area contributed by atoms with Crippen molar-refractivity contribution in [2.75, 3.05) is 50.0 Å². The molecule has 1 saturated heterocycles. The molecule has 4 heterocycles. The van der Waals surface area contributed by atoms with Gasteiger partial charge in [-0.05, 0) is 68.6 Å². The van der Waals surface area contributed by atoms with Gasteiger partial charge in [-0.25, -0.2) is 9.97 Å². The van der Waals surface area contributed by atoms with Crippen molar-refractivity contribution in [1.82, 2.24) is 35.4 Å². The van der Waals surface area contributed by atoms with E-state index in [1.807, 2.05) is 48.5 Å². The van der Waals surface area contributed by atoms with Crippen molar-refractivity contribution in [3.63, 3.8) is 0 Å². The normalized spacial score (nSPS) is 14.7. The van der Waals surface area contributed by atoms with E-state index in [1.165, 1.54) is 13.1 Å². The smallest absolute Gasteiger partial charge is 0.261 e. The van der Waals surface area contributed by atoms with Crippen molar-refractivity contribution in [3.8, 4) is 0 Å². The summed E-state index contributed by atoms with van der Waals surface area (Å²) in [5.74, 6) is -1.70. The van der Waals surface area contributed by atoms with E-state index in [1.54, 1.807) is 25.3 Å². The van der Waals surface area contributed by atoms with E-state index in [-0.39, 0.29) is 29.9 Å². The van der Waals surface area contributed by atoms with Crippen molar-refractivity contribution < 1.29 is 33.6 Å². The Labute approximate surface area is 377 Å². The molecule has 0 saturated carbocycles. The van der Waals surface area contributed by atoms with Crippen LogP contribution in [0.1, 0.15) is 91.4 Å². The number of aldehydes is 1. The van der Waals surface area contributed by atoms with E-state index < -0.39 is 29.7 Å². The quantitative estimate of drug-likeness (QED) is 0.0408. The summed E-state index contributed by atoms with van der Waals surface area (Å²) in [4.78, 5) is 106. The summed E-state index contributed by atoms with van der Waals surface area (Å²) in [5, 5.41) is 9.40. The fourth-order valence-corrected chi connectivity index (χ4v) is 8.68. The summed E-state index contributed by atoms with van der Waals surface area (Å²) in [5.41, 5.74) is 4.52. The number of rotatable bonds is 21. The molecule has 338 valence electrons. The summed E-state index contributed by atoms with van der Waals surface area (Å²) < 4.78 is 0. The Morgan fingerprint density at radius 2 is 1.52 bits per heavy atom. The van der Waals surface area contributed by atoms with Gasteiger partial charge < -0.3 is 25.3 Å². The van der Waals surface area contributed by atoms with Gasteiger partial charge in [-0.2, -0.15) is 0 Å². The maximum atomic E-state index is 13.5. The van der Waals surface area contributed by atoms with Crippen LogP contribution in [0.15, 0.2) is 72.9 Å². The van der Waals surface area contributed by atoms with Crippen LogP contribution in [0.25, 0.3) is 33.0 Å². The van der Waals surface area contributed by atoms with Crippen molar-refractivity contribution in [1.29, 1.82) is 0 Å². The lowest BCUT2D eigenvalue weighted by molar-refractivity contribution is -0.131. The number of amides is 6. The van der Waals surface area contributed by atoms with E-state index in [0.717, 1.165) is 93.5 Å². The highest BCUT2D eigenvalue weighted by Crippen LogP contribution is 2.37. The van der Waals surface area contributed by atoms with E-state index >= 15 is 0 Å². The van der Waals surface area contributed by atoms with Gasteiger partial charge in [0.1, 0.15) is 12.3 Å². The van der Waals surface area contributed by atoms with Crippen molar-refractivity contribution >= 4 is 86.8 Å². The van der Waals surface area contributed by atoms with Crippen LogP contribution in [0.5, 0.6) is 0 Å². The highest BCUT2D eigenvalue weighted by Gasteiger charge is 2.36. The number of H-pyrrole nitrogens is 1. The van der Waals surface area contributed by atoms with Gasteiger partial charge in [0.15, 0.2) is 0 Å². The molecule has 1 fully saturated rings. The number of aryl methyl sites for hydroxylation is 1. The number of imide groups is 2. The lowest BCUT2D eigenvalue weighted by atomic mass is 9.97. The molecule has 16 nitrogen and oxygen atoms in total. The zero-order valence-electron chi connectivity index (χ0n) is 36.9. The molecule has 2 aliphatic rings. The zero-order valence-corrected chi connectivity index (χ0v) is 36.9. The number of hydrogen-bond donors (Lipinski definition) is 4. The molecular formula is C49H55N9O7. The summed E-state index contributed by atoms with van der Waals surface area (Å²) in [6.45, 7) is 5.89. The Hall–Kier alpha value is -7.07. The molecule has 1 atom stereocenters. The number of fused-ring (bicyclic) bond motifs is 2. The molecule has 4 N–H and O–H groups in total. The summed E-state index contributed by atoms with van der Waals surface area (Å²) in [6.07, 6.45) is 10.3. The minimum absolute atomic E-state index is 0.0131. The molecule has 2 aromatic heterocycles. The van der Waals surface area contributed by atoms with E-state index in [2.05, 4.69) is 30.7 Å². The third-order valence-electron chi connectivity index (χ3n) is 12.2. The fraction of sp³-hybridized carbons (Fsp3) is 0.367. The van der Waals surface area contributed by atoms with Gasteiger partial charge in [0.05, 0.1) is 22.4 Å². The number of nitrogens with one attached hydrogen (secondary N) is 4. The summed E-state index contributed by atoms with van der Waals surface area (Å²) >= 11 is 0. The third kappa shape index (κ3) is 10.7. The number of para-hydroxylation sites is 2. The first kappa shape index (κ1) is 45.9. The second-order valence-electron chi connectivity index (χ2n) is 16.5. The van der Waals surface area contributed by atoms with Crippen LogP contribution in [0.3, 0.4) is 0 Å². The second-order valence-corrected chi connectivity index (χ2v) is 16.5. The van der Waals surface area contributed by atoms with Crippen LogP contribution < -0.4 is 20.9 Å². The molecule has 2 aliphatic heterocycles. The van der Waals surface area contributed by atoms with Gasteiger partial charge in [-0.1, -0.05) is 68.5 Å². The first-order valence-corrected chi connectivity index (χ1v) is 22.4. The lowest BCUT2D eigenvalue weighted by Crippen LogP contribution is -2.48. The average Bonchev–Trinajstić information content (AvgIpc) is 3.87. The molecule has 6 amide bonds. The van der Waals surface area contributed by atoms with Gasteiger partial charge in [0.2, 0.25) is 24.2 Å². The van der Waals surface area contributed by atoms with Crippen LogP contribution in [-0.2, 0) is 28.8 Å². The fourth-order valence-electron chi connectivity index (χ4n) is 8.68. The minimum atomic E-state index is -1.12. The topological polar surface area (TPSA) is 207 Å². The van der Waals surface area contributed by atoms with Crippen molar-refractivity contribution in [2.45, 2.75) is 77.2 Å². The molecular weight excluding hydrogens is 827 g/mol. The van der Waals surface area contributed by atoms with Gasteiger partial charge in [0, 0.05) is 85.4 Å². The van der Waals surface area contributed by atoms with Crippen LogP contribution in [0, 0.1) is 6.92 Å². The predicted molar refractivity (Wildman–Crippen MR) is 249 cm³/mol. The highest BCUT2D eigenvalue weighted by atomic mass is 16.2.